The molecule has 156 valence electrons. The lowest BCUT2D eigenvalue weighted by Gasteiger charge is -2.37. The van der Waals surface area contributed by atoms with E-state index in [0.29, 0.717) is 24.4 Å². The number of nitrogens with zero attached hydrogens (tertiary/aromatic N) is 2. The Hall–Kier alpha value is -2.80. The van der Waals surface area contributed by atoms with Gasteiger partial charge in [0.1, 0.15) is 12.3 Å². The first-order valence-electron chi connectivity index (χ1n) is 10.3. The van der Waals surface area contributed by atoms with Crippen LogP contribution in [0.15, 0.2) is 51.9 Å². The number of nitrogens with two attached hydrogens (primary N) is 1. The molecule has 7 heteroatoms. The van der Waals surface area contributed by atoms with Crippen LogP contribution in [0.25, 0.3) is 0 Å². The maximum Gasteiger partial charge on any atom is 0.284 e. The average Bonchev–Trinajstić information content (AvgIpc) is 3.22. The fraction of sp³-hybridized carbons (Fsp3) is 0.455. The first-order valence-corrected chi connectivity index (χ1v) is 10.3. The van der Waals surface area contributed by atoms with Crippen LogP contribution >= 0.6 is 0 Å². The lowest BCUT2D eigenvalue weighted by molar-refractivity contribution is 0.0972. The molecule has 0 aliphatic carbocycles. The molecule has 0 saturated carbocycles. The van der Waals surface area contributed by atoms with Gasteiger partial charge in [-0.25, -0.2) is 4.99 Å². The number of carbonyl (C=O) groups is 1. The number of primary amides is 1. The SMILES string of the molecule is CCNC(=NCc1ccc(C(N)=O)o1)NC1CCN(C(C)c2ccccc2)CC1. The van der Waals surface area contributed by atoms with Crippen molar-refractivity contribution in [2.75, 3.05) is 19.6 Å². The fourth-order valence-electron chi connectivity index (χ4n) is 3.64. The molecule has 4 N–H and O–H groups in total. The van der Waals surface area contributed by atoms with Crippen LogP contribution in [0, 0.1) is 0 Å². The van der Waals surface area contributed by atoms with E-state index in [1.807, 2.05) is 6.92 Å². The molecule has 0 spiro atoms. The van der Waals surface area contributed by atoms with Crippen molar-refractivity contribution >= 4 is 11.9 Å². The molecule has 0 radical (unpaired) electrons. The van der Waals surface area contributed by atoms with Gasteiger partial charge in [0.25, 0.3) is 5.91 Å². The number of guanidine groups is 1. The molecule has 3 rings (SSSR count). The van der Waals surface area contributed by atoms with Crippen LogP contribution < -0.4 is 16.4 Å². The van der Waals surface area contributed by atoms with E-state index in [4.69, 9.17) is 10.2 Å². The highest BCUT2D eigenvalue weighted by Crippen LogP contribution is 2.24. The number of hydrogen-bond donors (Lipinski definition) is 3. The van der Waals surface area contributed by atoms with E-state index < -0.39 is 5.91 Å². The normalized spacial score (nSPS) is 17.1. The molecule has 7 nitrogen and oxygen atoms in total. The molecule has 1 aromatic carbocycles. The second-order valence-corrected chi connectivity index (χ2v) is 7.37. The Balaban J connectivity index is 1.52. The second kappa shape index (κ2) is 10.1. The first-order chi connectivity index (χ1) is 14.1. The third-order valence-corrected chi connectivity index (χ3v) is 5.34. The fourth-order valence-corrected chi connectivity index (χ4v) is 3.64. The Kier molecular flexibility index (Phi) is 7.30. The van der Waals surface area contributed by atoms with Crippen molar-refractivity contribution < 1.29 is 9.21 Å². The lowest BCUT2D eigenvalue weighted by atomic mass is 10.0. The molecular weight excluding hydrogens is 366 g/mol. The van der Waals surface area contributed by atoms with Crippen LogP contribution in [-0.2, 0) is 6.54 Å². The minimum atomic E-state index is -0.568. The number of nitrogens with one attached hydrogen (secondary N) is 2. The van der Waals surface area contributed by atoms with Gasteiger partial charge in [-0.3, -0.25) is 9.69 Å². The van der Waals surface area contributed by atoms with E-state index in [2.05, 4.69) is 57.8 Å². The molecule has 29 heavy (non-hydrogen) atoms. The summed E-state index contributed by atoms with van der Waals surface area (Å²) in [7, 11) is 0. The van der Waals surface area contributed by atoms with Crippen LogP contribution in [0.1, 0.15) is 54.6 Å². The van der Waals surface area contributed by atoms with Crippen molar-refractivity contribution in [2.45, 2.75) is 45.3 Å². The van der Waals surface area contributed by atoms with Gasteiger partial charge in [-0.05, 0) is 44.4 Å². The van der Waals surface area contributed by atoms with Gasteiger partial charge in [0, 0.05) is 31.7 Å². The molecule has 1 atom stereocenters. The number of furan rings is 1. The van der Waals surface area contributed by atoms with E-state index >= 15 is 0 Å². The number of hydrogen-bond acceptors (Lipinski definition) is 4. The van der Waals surface area contributed by atoms with Crippen LogP contribution in [0.2, 0.25) is 0 Å². The average molecular weight is 398 g/mol. The molecule has 1 fully saturated rings. The lowest BCUT2D eigenvalue weighted by Crippen LogP contribution is -2.49. The highest BCUT2D eigenvalue weighted by Gasteiger charge is 2.24. The number of aliphatic imine (C=N–C) groups is 1. The minimum absolute atomic E-state index is 0.160. The largest absolute Gasteiger partial charge is 0.454 e. The third kappa shape index (κ3) is 5.84. The van der Waals surface area contributed by atoms with Crippen molar-refractivity contribution in [1.82, 2.24) is 15.5 Å². The number of benzene rings is 1. The van der Waals surface area contributed by atoms with E-state index in [0.717, 1.165) is 38.4 Å². The van der Waals surface area contributed by atoms with Crippen LogP contribution in [0.4, 0.5) is 0 Å². The summed E-state index contributed by atoms with van der Waals surface area (Å²) in [5.74, 6) is 0.969. The van der Waals surface area contributed by atoms with Crippen molar-refractivity contribution in [3.8, 4) is 0 Å². The summed E-state index contributed by atoms with van der Waals surface area (Å²) in [6.07, 6.45) is 2.13. The van der Waals surface area contributed by atoms with Gasteiger partial charge in [-0.2, -0.15) is 0 Å². The zero-order valence-corrected chi connectivity index (χ0v) is 17.2. The molecule has 1 aliphatic heterocycles. The molecule has 1 amide bonds. The van der Waals surface area contributed by atoms with Crippen molar-refractivity contribution in [2.24, 2.45) is 10.7 Å². The van der Waals surface area contributed by atoms with E-state index in [-0.39, 0.29) is 5.76 Å². The van der Waals surface area contributed by atoms with Gasteiger partial charge in [-0.15, -0.1) is 0 Å². The molecule has 1 saturated heterocycles. The zero-order valence-electron chi connectivity index (χ0n) is 17.2. The van der Waals surface area contributed by atoms with Gasteiger partial charge in [0.05, 0.1) is 0 Å². The van der Waals surface area contributed by atoms with Gasteiger partial charge in [0.15, 0.2) is 11.7 Å². The summed E-state index contributed by atoms with van der Waals surface area (Å²) < 4.78 is 5.40. The Labute approximate surface area is 172 Å². The molecule has 0 bridgehead atoms. The maximum atomic E-state index is 11.1. The Bertz CT molecular complexity index is 810. The molecule has 2 heterocycles. The van der Waals surface area contributed by atoms with Crippen LogP contribution in [0.5, 0.6) is 0 Å². The predicted molar refractivity (Wildman–Crippen MR) is 115 cm³/mol. The Morgan fingerprint density at radius 1 is 1.24 bits per heavy atom. The number of carbonyl (C=O) groups excluding carboxylic acids is 1. The second-order valence-electron chi connectivity index (χ2n) is 7.37. The van der Waals surface area contributed by atoms with E-state index in [1.54, 1.807) is 12.1 Å². The Morgan fingerprint density at radius 2 is 1.97 bits per heavy atom. The van der Waals surface area contributed by atoms with Gasteiger partial charge < -0.3 is 20.8 Å². The van der Waals surface area contributed by atoms with Crippen molar-refractivity contribution in [3.63, 3.8) is 0 Å². The molecule has 2 aromatic rings. The molecule has 1 aromatic heterocycles. The van der Waals surface area contributed by atoms with Crippen molar-refractivity contribution in [3.05, 3.63) is 59.5 Å². The summed E-state index contributed by atoms with van der Waals surface area (Å²) in [5, 5.41) is 6.82. The highest BCUT2D eigenvalue weighted by atomic mass is 16.3. The topological polar surface area (TPSA) is 95.9 Å². The number of rotatable bonds is 7. The quantitative estimate of drug-likeness (QED) is 0.493. The van der Waals surface area contributed by atoms with Crippen molar-refractivity contribution in [1.29, 1.82) is 0 Å². The summed E-state index contributed by atoms with van der Waals surface area (Å²) in [5.41, 5.74) is 6.59. The van der Waals surface area contributed by atoms with Gasteiger partial charge in [-0.1, -0.05) is 30.3 Å². The number of likely N-dealkylation sites (tertiary alicyclic amines) is 1. The number of piperidine rings is 1. The summed E-state index contributed by atoms with van der Waals surface area (Å²) in [6, 6.07) is 14.8. The minimum Gasteiger partial charge on any atom is -0.454 e. The van der Waals surface area contributed by atoms with Gasteiger partial charge >= 0.3 is 0 Å². The zero-order chi connectivity index (χ0) is 20.6. The maximum absolute atomic E-state index is 11.1. The molecule has 1 unspecified atom stereocenters. The van der Waals surface area contributed by atoms with Crippen LogP contribution in [-0.4, -0.2) is 42.4 Å². The smallest absolute Gasteiger partial charge is 0.284 e. The standard InChI is InChI=1S/C22H31N5O2/c1-3-24-22(25-15-19-9-10-20(29-19)21(23)28)26-18-11-13-27(14-12-18)16(2)17-7-5-4-6-8-17/h4-10,16,18H,3,11-15H2,1-2H3,(H2,23,28)(H2,24,25,26). The van der Waals surface area contributed by atoms with Gasteiger partial charge in [0.2, 0.25) is 0 Å². The predicted octanol–water partition coefficient (Wildman–Crippen LogP) is 2.66. The molecule has 1 aliphatic rings. The summed E-state index contributed by atoms with van der Waals surface area (Å²) in [6.45, 7) is 7.55. The number of amides is 1. The monoisotopic (exact) mass is 397 g/mol. The summed E-state index contributed by atoms with van der Waals surface area (Å²) >= 11 is 0. The summed E-state index contributed by atoms with van der Waals surface area (Å²) in [4.78, 5) is 18.3. The molecular formula is C22H31N5O2. The highest BCUT2D eigenvalue weighted by molar-refractivity contribution is 5.89. The first kappa shape index (κ1) is 20.9. The van der Waals surface area contributed by atoms with E-state index in [1.165, 1.54) is 5.56 Å². The van der Waals surface area contributed by atoms with E-state index in [9.17, 15) is 4.79 Å². The Morgan fingerprint density at radius 3 is 2.59 bits per heavy atom. The third-order valence-electron chi connectivity index (χ3n) is 5.34. The van der Waals surface area contributed by atoms with Crippen LogP contribution in [0.3, 0.4) is 0 Å².